The summed E-state index contributed by atoms with van der Waals surface area (Å²) in [6.07, 6.45) is 0. The summed E-state index contributed by atoms with van der Waals surface area (Å²) in [4.78, 5) is 1.62. The maximum absolute atomic E-state index is 13.3. The van der Waals surface area contributed by atoms with E-state index in [1.165, 1.54) is 6.07 Å². The van der Waals surface area contributed by atoms with Gasteiger partial charge in [0.15, 0.2) is 0 Å². The van der Waals surface area contributed by atoms with Crippen molar-refractivity contribution < 1.29 is 8.78 Å². The third-order valence-corrected chi connectivity index (χ3v) is 2.29. The molecule has 0 aromatic heterocycles. The summed E-state index contributed by atoms with van der Waals surface area (Å²) in [5.41, 5.74) is 5.68. The van der Waals surface area contributed by atoms with Crippen LogP contribution >= 0.6 is 0 Å². The van der Waals surface area contributed by atoms with Gasteiger partial charge in [0, 0.05) is 25.7 Å². The molecule has 0 bridgehead atoms. The molecule has 0 heterocycles. The molecule has 0 saturated heterocycles. The van der Waals surface area contributed by atoms with E-state index in [2.05, 4.69) is 0 Å². The van der Waals surface area contributed by atoms with Gasteiger partial charge in [0.25, 0.3) is 0 Å². The Kier molecular flexibility index (Phi) is 3.41. The second-order valence-electron chi connectivity index (χ2n) is 3.29. The fourth-order valence-corrected chi connectivity index (χ4v) is 1.15. The van der Waals surface area contributed by atoms with Crippen molar-refractivity contribution in [1.29, 1.82) is 0 Å². The molecule has 1 rings (SSSR count). The normalized spacial score (nSPS) is 12.6. The summed E-state index contributed by atoms with van der Waals surface area (Å²) in [5, 5.41) is 0. The number of halogens is 2. The number of hydrogen-bond donors (Lipinski definition) is 1. The highest BCUT2D eigenvalue weighted by molar-refractivity contribution is 5.48. The summed E-state index contributed by atoms with van der Waals surface area (Å²) >= 11 is 0. The van der Waals surface area contributed by atoms with Gasteiger partial charge in [0.05, 0.1) is 5.69 Å². The number of anilines is 1. The van der Waals surface area contributed by atoms with Gasteiger partial charge in [0.1, 0.15) is 11.6 Å². The predicted molar refractivity (Wildman–Crippen MR) is 53.3 cm³/mol. The minimum Gasteiger partial charge on any atom is -0.368 e. The quantitative estimate of drug-likeness (QED) is 0.805. The van der Waals surface area contributed by atoms with E-state index >= 15 is 0 Å². The number of hydrogen-bond acceptors (Lipinski definition) is 2. The molecule has 0 aliphatic rings. The molecule has 0 aliphatic carbocycles. The van der Waals surface area contributed by atoms with E-state index in [1.807, 2.05) is 6.92 Å². The average Bonchev–Trinajstić information content (AvgIpc) is 2.19. The van der Waals surface area contributed by atoms with Crippen molar-refractivity contribution >= 4 is 5.69 Å². The smallest absolute Gasteiger partial charge is 0.146 e. The third kappa shape index (κ3) is 2.20. The molecular weight excluding hydrogens is 186 g/mol. The Hall–Kier alpha value is -1.16. The van der Waals surface area contributed by atoms with Crippen LogP contribution in [0.4, 0.5) is 14.5 Å². The lowest BCUT2D eigenvalue weighted by Gasteiger charge is -2.26. The highest BCUT2D eigenvalue weighted by Crippen LogP contribution is 2.20. The third-order valence-electron chi connectivity index (χ3n) is 2.29. The van der Waals surface area contributed by atoms with E-state index in [4.69, 9.17) is 5.73 Å². The minimum atomic E-state index is -0.447. The number of likely N-dealkylation sites (N-methyl/N-ethyl adjacent to an activating group) is 1. The number of benzene rings is 1. The van der Waals surface area contributed by atoms with Crippen LogP contribution in [0.25, 0.3) is 0 Å². The summed E-state index contributed by atoms with van der Waals surface area (Å²) < 4.78 is 26.1. The van der Waals surface area contributed by atoms with E-state index in [0.717, 1.165) is 12.1 Å². The zero-order chi connectivity index (χ0) is 10.7. The number of nitrogens with zero attached hydrogens (tertiary/aromatic N) is 1. The molecule has 2 N–H and O–H groups in total. The Labute approximate surface area is 82.3 Å². The van der Waals surface area contributed by atoms with Gasteiger partial charge in [0.2, 0.25) is 0 Å². The van der Waals surface area contributed by atoms with E-state index in [0.29, 0.717) is 6.54 Å². The summed E-state index contributed by atoms with van der Waals surface area (Å²) in [7, 11) is 1.69. The molecule has 0 radical (unpaired) electrons. The van der Waals surface area contributed by atoms with E-state index in [9.17, 15) is 8.78 Å². The second-order valence-corrected chi connectivity index (χ2v) is 3.29. The topological polar surface area (TPSA) is 29.3 Å². The Morgan fingerprint density at radius 2 is 2.07 bits per heavy atom. The van der Waals surface area contributed by atoms with E-state index in [-0.39, 0.29) is 11.7 Å². The van der Waals surface area contributed by atoms with Gasteiger partial charge in [-0.25, -0.2) is 8.78 Å². The van der Waals surface area contributed by atoms with Crippen molar-refractivity contribution in [3.63, 3.8) is 0 Å². The van der Waals surface area contributed by atoms with Crippen molar-refractivity contribution in [2.45, 2.75) is 13.0 Å². The van der Waals surface area contributed by atoms with Crippen LogP contribution in [0.3, 0.4) is 0 Å². The van der Waals surface area contributed by atoms with Gasteiger partial charge < -0.3 is 10.6 Å². The number of nitrogens with two attached hydrogens (primary N) is 1. The lowest BCUT2D eigenvalue weighted by molar-refractivity contribution is 0.586. The molecular formula is C10H14F2N2. The van der Waals surface area contributed by atoms with Crippen LogP contribution < -0.4 is 10.6 Å². The fraction of sp³-hybridized carbons (Fsp3) is 0.400. The molecule has 78 valence electrons. The predicted octanol–water partition coefficient (Wildman–Crippen LogP) is 1.75. The number of rotatable bonds is 3. The molecule has 2 nitrogen and oxygen atoms in total. The van der Waals surface area contributed by atoms with Crippen LogP contribution in [-0.4, -0.2) is 19.6 Å². The van der Waals surface area contributed by atoms with Gasteiger partial charge in [-0.2, -0.15) is 0 Å². The minimum absolute atomic E-state index is 0.0219. The monoisotopic (exact) mass is 200 g/mol. The lowest BCUT2D eigenvalue weighted by atomic mass is 10.2. The van der Waals surface area contributed by atoms with Crippen molar-refractivity contribution in [3.05, 3.63) is 29.8 Å². The molecule has 0 spiro atoms. The van der Waals surface area contributed by atoms with Crippen molar-refractivity contribution in [1.82, 2.24) is 0 Å². The van der Waals surface area contributed by atoms with E-state index in [1.54, 1.807) is 11.9 Å². The van der Waals surface area contributed by atoms with Crippen LogP contribution in [0, 0.1) is 11.6 Å². The van der Waals surface area contributed by atoms with Crippen LogP contribution in [0.2, 0.25) is 0 Å². The Balaban J connectivity index is 2.99. The molecule has 1 aromatic carbocycles. The van der Waals surface area contributed by atoms with Gasteiger partial charge in [-0.05, 0) is 19.1 Å². The first kappa shape index (κ1) is 10.9. The SMILES string of the molecule is CC(CN)N(C)c1cc(F)ccc1F. The van der Waals surface area contributed by atoms with Gasteiger partial charge in [-0.15, -0.1) is 0 Å². The van der Waals surface area contributed by atoms with Crippen LogP contribution in [0.1, 0.15) is 6.92 Å². The standard InChI is InChI=1S/C10H14F2N2/c1-7(6-13)14(2)10-5-8(11)3-4-9(10)12/h3-5,7H,6,13H2,1-2H3. The van der Waals surface area contributed by atoms with Crippen LogP contribution in [-0.2, 0) is 0 Å². The van der Waals surface area contributed by atoms with Crippen LogP contribution in [0.15, 0.2) is 18.2 Å². The molecule has 1 unspecified atom stereocenters. The largest absolute Gasteiger partial charge is 0.368 e. The second kappa shape index (κ2) is 4.37. The first-order chi connectivity index (χ1) is 6.56. The first-order valence-corrected chi connectivity index (χ1v) is 4.44. The van der Waals surface area contributed by atoms with Gasteiger partial charge in [-0.3, -0.25) is 0 Å². The Bertz CT molecular complexity index is 315. The van der Waals surface area contributed by atoms with Crippen molar-refractivity contribution in [2.24, 2.45) is 5.73 Å². The van der Waals surface area contributed by atoms with E-state index < -0.39 is 11.6 Å². The summed E-state index contributed by atoms with van der Waals surface area (Å²) in [5.74, 6) is -0.883. The average molecular weight is 200 g/mol. The molecule has 1 aromatic rings. The first-order valence-electron chi connectivity index (χ1n) is 4.44. The molecule has 0 aliphatic heterocycles. The maximum atomic E-state index is 13.3. The molecule has 0 saturated carbocycles. The molecule has 0 amide bonds. The van der Waals surface area contributed by atoms with Gasteiger partial charge in [-0.1, -0.05) is 0 Å². The fourth-order valence-electron chi connectivity index (χ4n) is 1.15. The molecule has 1 atom stereocenters. The summed E-state index contributed by atoms with van der Waals surface area (Å²) in [6.45, 7) is 2.25. The Morgan fingerprint density at radius 3 is 2.64 bits per heavy atom. The summed E-state index contributed by atoms with van der Waals surface area (Å²) in [6, 6.07) is 3.36. The zero-order valence-electron chi connectivity index (χ0n) is 8.30. The highest BCUT2D eigenvalue weighted by atomic mass is 19.1. The maximum Gasteiger partial charge on any atom is 0.146 e. The van der Waals surface area contributed by atoms with Crippen LogP contribution in [0.5, 0.6) is 0 Å². The highest BCUT2D eigenvalue weighted by Gasteiger charge is 2.13. The zero-order valence-corrected chi connectivity index (χ0v) is 8.30. The molecule has 14 heavy (non-hydrogen) atoms. The molecule has 4 heteroatoms. The van der Waals surface area contributed by atoms with Gasteiger partial charge >= 0.3 is 0 Å². The lowest BCUT2D eigenvalue weighted by Crippen LogP contribution is -2.35. The Morgan fingerprint density at radius 1 is 1.43 bits per heavy atom. The molecule has 0 fully saturated rings. The van der Waals surface area contributed by atoms with Crippen molar-refractivity contribution in [3.8, 4) is 0 Å². The van der Waals surface area contributed by atoms with Crippen molar-refractivity contribution in [2.75, 3.05) is 18.5 Å².